The van der Waals surface area contributed by atoms with E-state index in [0.29, 0.717) is 6.04 Å². The standard InChI is InChI=1S/C14H21N/c1-5-7-14(15-6-2)13-9-11(3)8-12(4)10-13/h5,8-10,14-15H,1,6-7H2,2-4H3. The van der Waals surface area contributed by atoms with Crippen LogP contribution in [-0.4, -0.2) is 6.54 Å². The van der Waals surface area contributed by atoms with Crippen LogP contribution >= 0.6 is 0 Å². The first-order valence-electron chi connectivity index (χ1n) is 5.59. The van der Waals surface area contributed by atoms with Gasteiger partial charge in [0.1, 0.15) is 0 Å². The van der Waals surface area contributed by atoms with Crippen molar-refractivity contribution in [2.24, 2.45) is 0 Å². The van der Waals surface area contributed by atoms with Crippen molar-refractivity contribution in [2.75, 3.05) is 6.54 Å². The van der Waals surface area contributed by atoms with Crippen molar-refractivity contribution in [3.63, 3.8) is 0 Å². The molecule has 1 atom stereocenters. The Bertz CT molecular complexity index is 308. The highest BCUT2D eigenvalue weighted by Gasteiger charge is 2.08. The highest BCUT2D eigenvalue weighted by molar-refractivity contribution is 5.31. The highest BCUT2D eigenvalue weighted by atomic mass is 14.9. The molecule has 0 aliphatic heterocycles. The molecule has 1 N–H and O–H groups in total. The Morgan fingerprint density at radius 3 is 2.33 bits per heavy atom. The van der Waals surface area contributed by atoms with Gasteiger partial charge in [-0.05, 0) is 32.4 Å². The molecule has 1 aromatic carbocycles. The van der Waals surface area contributed by atoms with E-state index in [4.69, 9.17) is 0 Å². The maximum atomic E-state index is 3.81. The molecule has 0 bridgehead atoms. The summed E-state index contributed by atoms with van der Waals surface area (Å²) in [5.74, 6) is 0. The van der Waals surface area contributed by atoms with Crippen molar-refractivity contribution in [3.8, 4) is 0 Å². The maximum Gasteiger partial charge on any atom is 0.0354 e. The third-order valence-corrected chi connectivity index (χ3v) is 2.50. The maximum absolute atomic E-state index is 3.81. The monoisotopic (exact) mass is 203 g/mol. The zero-order chi connectivity index (χ0) is 11.3. The molecule has 15 heavy (non-hydrogen) atoms. The molecule has 0 saturated heterocycles. The second kappa shape index (κ2) is 5.72. The molecule has 1 rings (SSSR count). The number of aryl methyl sites for hydroxylation is 2. The minimum atomic E-state index is 0.408. The summed E-state index contributed by atoms with van der Waals surface area (Å²) >= 11 is 0. The number of benzene rings is 1. The zero-order valence-electron chi connectivity index (χ0n) is 10.0. The second-order valence-corrected chi connectivity index (χ2v) is 4.06. The van der Waals surface area contributed by atoms with Crippen LogP contribution in [0.25, 0.3) is 0 Å². The highest BCUT2D eigenvalue weighted by Crippen LogP contribution is 2.20. The first-order valence-corrected chi connectivity index (χ1v) is 5.59. The lowest BCUT2D eigenvalue weighted by Gasteiger charge is -2.17. The van der Waals surface area contributed by atoms with Crippen LogP contribution in [0.3, 0.4) is 0 Å². The third kappa shape index (κ3) is 3.52. The summed E-state index contributed by atoms with van der Waals surface area (Å²) in [4.78, 5) is 0. The number of hydrogen-bond acceptors (Lipinski definition) is 1. The molecule has 1 aromatic rings. The molecular formula is C14H21N. The lowest BCUT2D eigenvalue weighted by atomic mass is 9.99. The summed E-state index contributed by atoms with van der Waals surface area (Å²) in [5, 5.41) is 3.48. The van der Waals surface area contributed by atoms with E-state index in [9.17, 15) is 0 Å². The normalized spacial score (nSPS) is 12.5. The van der Waals surface area contributed by atoms with Crippen LogP contribution < -0.4 is 5.32 Å². The van der Waals surface area contributed by atoms with E-state index in [2.05, 4.69) is 50.9 Å². The van der Waals surface area contributed by atoms with Gasteiger partial charge in [-0.25, -0.2) is 0 Å². The summed E-state index contributed by atoms with van der Waals surface area (Å²) < 4.78 is 0. The molecule has 82 valence electrons. The molecule has 1 nitrogen and oxygen atoms in total. The first kappa shape index (κ1) is 12.0. The Balaban J connectivity index is 2.93. The molecule has 0 aliphatic rings. The molecule has 0 heterocycles. The lowest BCUT2D eigenvalue weighted by molar-refractivity contribution is 0.558. The molecule has 0 amide bonds. The van der Waals surface area contributed by atoms with Gasteiger partial charge in [0.25, 0.3) is 0 Å². The van der Waals surface area contributed by atoms with E-state index in [1.54, 1.807) is 0 Å². The Morgan fingerprint density at radius 1 is 1.27 bits per heavy atom. The fourth-order valence-corrected chi connectivity index (χ4v) is 1.96. The average Bonchev–Trinajstić information content (AvgIpc) is 2.16. The minimum Gasteiger partial charge on any atom is -0.310 e. The van der Waals surface area contributed by atoms with Crippen molar-refractivity contribution < 1.29 is 0 Å². The van der Waals surface area contributed by atoms with Crippen molar-refractivity contribution in [1.29, 1.82) is 0 Å². The van der Waals surface area contributed by atoms with Crippen LogP contribution in [0.4, 0.5) is 0 Å². The van der Waals surface area contributed by atoms with Crippen LogP contribution in [0.2, 0.25) is 0 Å². The quantitative estimate of drug-likeness (QED) is 0.722. The first-order chi connectivity index (χ1) is 7.17. The predicted molar refractivity (Wildman–Crippen MR) is 67.1 cm³/mol. The van der Waals surface area contributed by atoms with E-state index < -0.39 is 0 Å². The van der Waals surface area contributed by atoms with Gasteiger partial charge in [0.15, 0.2) is 0 Å². The molecular weight excluding hydrogens is 182 g/mol. The molecule has 0 spiro atoms. The molecule has 1 unspecified atom stereocenters. The molecule has 0 aliphatic carbocycles. The fraction of sp³-hybridized carbons (Fsp3) is 0.429. The van der Waals surface area contributed by atoms with Crippen LogP contribution in [0.1, 0.15) is 36.1 Å². The SMILES string of the molecule is C=CCC(NCC)c1cc(C)cc(C)c1. The summed E-state index contributed by atoms with van der Waals surface area (Å²) in [6, 6.07) is 7.12. The van der Waals surface area contributed by atoms with Gasteiger partial charge in [0.2, 0.25) is 0 Å². The zero-order valence-corrected chi connectivity index (χ0v) is 10.0. The van der Waals surface area contributed by atoms with Crippen molar-refractivity contribution in [1.82, 2.24) is 5.32 Å². The molecule has 0 radical (unpaired) electrons. The van der Waals surface area contributed by atoms with Gasteiger partial charge in [0.05, 0.1) is 0 Å². The average molecular weight is 203 g/mol. The Kier molecular flexibility index (Phi) is 4.57. The second-order valence-electron chi connectivity index (χ2n) is 4.06. The number of rotatable bonds is 5. The Hall–Kier alpha value is -1.08. The van der Waals surface area contributed by atoms with Gasteiger partial charge in [0, 0.05) is 6.04 Å². The molecule has 0 aromatic heterocycles. The van der Waals surface area contributed by atoms with Gasteiger partial charge in [-0.1, -0.05) is 42.3 Å². The van der Waals surface area contributed by atoms with Crippen LogP contribution in [0.15, 0.2) is 30.9 Å². The van der Waals surface area contributed by atoms with Crippen LogP contribution in [-0.2, 0) is 0 Å². The Labute approximate surface area is 93.2 Å². The van der Waals surface area contributed by atoms with E-state index in [0.717, 1.165) is 13.0 Å². The van der Waals surface area contributed by atoms with Gasteiger partial charge in [-0.2, -0.15) is 0 Å². The van der Waals surface area contributed by atoms with Crippen molar-refractivity contribution in [3.05, 3.63) is 47.5 Å². The lowest BCUT2D eigenvalue weighted by Crippen LogP contribution is -2.20. The number of hydrogen-bond donors (Lipinski definition) is 1. The van der Waals surface area contributed by atoms with Gasteiger partial charge in [-0.3, -0.25) is 0 Å². The predicted octanol–water partition coefficient (Wildman–Crippen LogP) is 3.53. The van der Waals surface area contributed by atoms with E-state index >= 15 is 0 Å². The fourth-order valence-electron chi connectivity index (χ4n) is 1.96. The minimum absolute atomic E-state index is 0.408. The molecule has 0 fully saturated rings. The summed E-state index contributed by atoms with van der Waals surface area (Å²) in [7, 11) is 0. The van der Waals surface area contributed by atoms with Crippen LogP contribution in [0, 0.1) is 13.8 Å². The Morgan fingerprint density at radius 2 is 1.87 bits per heavy atom. The smallest absolute Gasteiger partial charge is 0.0354 e. The van der Waals surface area contributed by atoms with Crippen molar-refractivity contribution in [2.45, 2.75) is 33.2 Å². The van der Waals surface area contributed by atoms with E-state index in [1.807, 2.05) is 6.08 Å². The third-order valence-electron chi connectivity index (χ3n) is 2.50. The molecule has 1 heteroatoms. The topological polar surface area (TPSA) is 12.0 Å². The summed E-state index contributed by atoms with van der Waals surface area (Å²) in [6.45, 7) is 11.2. The van der Waals surface area contributed by atoms with E-state index in [1.165, 1.54) is 16.7 Å². The number of nitrogens with one attached hydrogen (secondary N) is 1. The summed E-state index contributed by atoms with van der Waals surface area (Å²) in [5.41, 5.74) is 4.03. The van der Waals surface area contributed by atoms with E-state index in [-0.39, 0.29) is 0 Å². The molecule has 0 saturated carbocycles. The van der Waals surface area contributed by atoms with Gasteiger partial charge >= 0.3 is 0 Å². The van der Waals surface area contributed by atoms with Gasteiger partial charge < -0.3 is 5.32 Å². The van der Waals surface area contributed by atoms with Gasteiger partial charge in [-0.15, -0.1) is 6.58 Å². The summed E-state index contributed by atoms with van der Waals surface area (Å²) in [6.07, 6.45) is 2.96. The van der Waals surface area contributed by atoms with Crippen LogP contribution in [0.5, 0.6) is 0 Å². The largest absolute Gasteiger partial charge is 0.310 e. The van der Waals surface area contributed by atoms with Crippen molar-refractivity contribution >= 4 is 0 Å².